The molecule has 0 unspecified atom stereocenters. The average molecular weight is 382 g/mol. The molecule has 4 rings (SSSR count). The quantitative estimate of drug-likeness (QED) is 0.851. The monoisotopic (exact) mass is 381 g/mol. The Kier molecular flexibility index (Phi) is 4.38. The van der Waals surface area contributed by atoms with Gasteiger partial charge in [-0.15, -0.1) is 11.3 Å². The van der Waals surface area contributed by atoms with E-state index in [1.54, 1.807) is 11.3 Å². The number of benzene rings is 1. The Morgan fingerprint density at radius 3 is 2.89 bits per heavy atom. The minimum atomic E-state index is -0.241. The number of amides is 2. The van der Waals surface area contributed by atoms with Gasteiger partial charge in [0.1, 0.15) is 0 Å². The Hall–Kier alpha value is -2.47. The van der Waals surface area contributed by atoms with Crippen molar-refractivity contribution in [1.82, 2.24) is 10.7 Å². The Labute approximate surface area is 162 Å². The van der Waals surface area contributed by atoms with Crippen LogP contribution in [0.3, 0.4) is 0 Å². The lowest BCUT2D eigenvalue weighted by Gasteiger charge is -2.32. The van der Waals surface area contributed by atoms with E-state index in [1.165, 1.54) is 21.6 Å². The lowest BCUT2D eigenvalue weighted by molar-refractivity contribution is -0.122. The van der Waals surface area contributed by atoms with Crippen molar-refractivity contribution in [3.05, 3.63) is 46.3 Å². The number of hydrogen-bond donors (Lipinski definition) is 2. The fraction of sp³-hybridized carbons (Fsp3) is 0.381. The number of thiophene rings is 1. The van der Waals surface area contributed by atoms with Gasteiger partial charge in [-0.3, -0.25) is 9.59 Å². The maximum Gasteiger partial charge on any atom is 0.261 e. The van der Waals surface area contributed by atoms with Gasteiger partial charge in [-0.1, -0.05) is 38.1 Å². The first-order chi connectivity index (χ1) is 12.9. The fourth-order valence-corrected chi connectivity index (χ4v) is 5.12. The summed E-state index contributed by atoms with van der Waals surface area (Å²) in [5, 5.41) is 6.90. The minimum absolute atomic E-state index is 0.0606. The number of carbonyl (C=O) groups is 2. The maximum atomic E-state index is 12.6. The lowest BCUT2D eigenvalue weighted by Crippen LogP contribution is -2.29. The normalized spacial score (nSPS) is 19.7. The van der Waals surface area contributed by atoms with Crippen LogP contribution < -0.4 is 10.7 Å². The molecular weight excluding hydrogens is 358 g/mol. The molecule has 2 aromatic rings. The van der Waals surface area contributed by atoms with Gasteiger partial charge in [0.05, 0.1) is 10.8 Å². The Morgan fingerprint density at radius 1 is 1.37 bits per heavy atom. The van der Waals surface area contributed by atoms with Crippen LogP contribution in [0, 0.1) is 5.92 Å². The average Bonchev–Trinajstić information content (AvgIpc) is 3.19. The number of hydrazone groups is 1. The second-order valence-electron chi connectivity index (χ2n) is 7.90. The van der Waals surface area contributed by atoms with Crippen LogP contribution in [0.2, 0.25) is 0 Å². The number of fused-ring (bicyclic) bond motifs is 3. The molecule has 140 valence electrons. The molecule has 1 atom stereocenters. The zero-order valence-corrected chi connectivity index (χ0v) is 16.6. The zero-order valence-electron chi connectivity index (χ0n) is 15.8. The highest BCUT2D eigenvalue weighted by atomic mass is 32.1. The van der Waals surface area contributed by atoms with Crippen molar-refractivity contribution in [3.8, 4) is 10.4 Å². The number of carbonyl (C=O) groups excluding carboxylic acids is 2. The van der Waals surface area contributed by atoms with Crippen LogP contribution in [0.1, 0.15) is 48.0 Å². The second-order valence-corrected chi connectivity index (χ2v) is 8.95. The summed E-state index contributed by atoms with van der Waals surface area (Å²) in [5.41, 5.74) is 7.14. The van der Waals surface area contributed by atoms with E-state index in [9.17, 15) is 9.59 Å². The summed E-state index contributed by atoms with van der Waals surface area (Å²) < 4.78 is 0. The molecule has 27 heavy (non-hydrogen) atoms. The van der Waals surface area contributed by atoms with Crippen LogP contribution >= 0.6 is 11.3 Å². The van der Waals surface area contributed by atoms with Crippen LogP contribution in [0.4, 0.5) is 0 Å². The SMILES string of the molecule is CC1=NNC(=O)[C@@H]1CCNC(=O)c1cc2c(s1)-c1ccccc1C(C)(C)C2. The molecule has 1 aliphatic carbocycles. The molecule has 0 fully saturated rings. The summed E-state index contributed by atoms with van der Waals surface area (Å²) in [5.74, 6) is -0.403. The van der Waals surface area contributed by atoms with E-state index in [-0.39, 0.29) is 23.1 Å². The van der Waals surface area contributed by atoms with Gasteiger partial charge in [-0.05, 0) is 47.9 Å². The molecule has 0 spiro atoms. The third-order valence-electron chi connectivity index (χ3n) is 5.45. The molecule has 0 saturated heterocycles. The van der Waals surface area contributed by atoms with E-state index in [4.69, 9.17) is 0 Å². The summed E-state index contributed by atoms with van der Waals surface area (Å²) in [6, 6.07) is 10.5. The van der Waals surface area contributed by atoms with Gasteiger partial charge >= 0.3 is 0 Å². The molecule has 2 aliphatic rings. The first-order valence-corrected chi connectivity index (χ1v) is 10.0. The predicted molar refractivity (Wildman–Crippen MR) is 108 cm³/mol. The molecule has 0 radical (unpaired) electrons. The lowest BCUT2D eigenvalue weighted by atomic mass is 9.73. The molecule has 6 heteroatoms. The van der Waals surface area contributed by atoms with Gasteiger partial charge in [-0.25, -0.2) is 5.43 Å². The number of rotatable bonds is 4. The molecule has 1 aliphatic heterocycles. The Bertz CT molecular complexity index is 958. The maximum absolute atomic E-state index is 12.6. The topological polar surface area (TPSA) is 70.6 Å². The van der Waals surface area contributed by atoms with Crippen molar-refractivity contribution < 1.29 is 9.59 Å². The van der Waals surface area contributed by atoms with E-state index < -0.39 is 0 Å². The van der Waals surface area contributed by atoms with Crippen LogP contribution in [-0.4, -0.2) is 24.1 Å². The highest BCUT2D eigenvalue weighted by molar-refractivity contribution is 7.17. The van der Waals surface area contributed by atoms with Crippen LogP contribution in [0.5, 0.6) is 0 Å². The van der Waals surface area contributed by atoms with Crippen LogP contribution in [-0.2, 0) is 16.6 Å². The minimum Gasteiger partial charge on any atom is -0.351 e. The molecule has 5 nitrogen and oxygen atoms in total. The molecule has 0 bridgehead atoms. The van der Waals surface area contributed by atoms with Crippen molar-refractivity contribution in [1.29, 1.82) is 0 Å². The molecular formula is C21H23N3O2S. The molecule has 1 aromatic heterocycles. The first kappa shape index (κ1) is 17.9. The summed E-state index contributed by atoms with van der Waals surface area (Å²) in [7, 11) is 0. The van der Waals surface area contributed by atoms with E-state index >= 15 is 0 Å². The van der Waals surface area contributed by atoms with Gasteiger partial charge in [-0.2, -0.15) is 5.10 Å². The number of hydrogen-bond acceptors (Lipinski definition) is 4. The van der Waals surface area contributed by atoms with Crippen molar-refractivity contribution in [2.75, 3.05) is 6.54 Å². The Balaban J connectivity index is 1.49. The number of nitrogens with one attached hydrogen (secondary N) is 2. The van der Waals surface area contributed by atoms with Crippen LogP contribution in [0.25, 0.3) is 10.4 Å². The van der Waals surface area contributed by atoms with Crippen molar-refractivity contribution >= 4 is 28.9 Å². The van der Waals surface area contributed by atoms with Gasteiger partial charge in [0.15, 0.2) is 0 Å². The highest BCUT2D eigenvalue weighted by Gasteiger charge is 2.33. The van der Waals surface area contributed by atoms with Gasteiger partial charge in [0, 0.05) is 17.1 Å². The van der Waals surface area contributed by atoms with Gasteiger partial charge in [0.2, 0.25) is 5.91 Å². The van der Waals surface area contributed by atoms with E-state index in [0.717, 1.165) is 17.0 Å². The summed E-state index contributed by atoms with van der Waals surface area (Å²) >= 11 is 1.56. The molecule has 2 heterocycles. The Morgan fingerprint density at radius 2 is 2.15 bits per heavy atom. The summed E-state index contributed by atoms with van der Waals surface area (Å²) in [6.45, 7) is 6.79. The number of nitrogens with zero attached hydrogens (tertiary/aromatic N) is 1. The third-order valence-corrected chi connectivity index (χ3v) is 6.66. The molecule has 2 N–H and O–H groups in total. The molecule has 0 saturated carbocycles. The summed E-state index contributed by atoms with van der Waals surface area (Å²) in [4.78, 5) is 26.3. The zero-order chi connectivity index (χ0) is 19.2. The van der Waals surface area contributed by atoms with E-state index in [2.05, 4.69) is 54.0 Å². The largest absolute Gasteiger partial charge is 0.351 e. The predicted octanol–water partition coefficient (Wildman–Crippen LogP) is 3.49. The van der Waals surface area contributed by atoms with E-state index in [0.29, 0.717) is 13.0 Å². The van der Waals surface area contributed by atoms with Crippen molar-refractivity contribution in [2.45, 2.75) is 39.0 Å². The molecule has 1 aromatic carbocycles. The second kappa shape index (κ2) is 6.60. The third kappa shape index (κ3) is 3.18. The van der Waals surface area contributed by atoms with Crippen molar-refractivity contribution in [3.63, 3.8) is 0 Å². The van der Waals surface area contributed by atoms with Crippen molar-refractivity contribution in [2.24, 2.45) is 11.0 Å². The smallest absolute Gasteiger partial charge is 0.261 e. The van der Waals surface area contributed by atoms with E-state index in [1.807, 2.05) is 13.0 Å². The van der Waals surface area contributed by atoms with Crippen LogP contribution in [0.15, 0.2) is 35.4 Å². The first-order valence-electron chi connectivity index (χ1n) is 9.21. The fourth-order valence-electron chi connectivity index (χ4n) is 3.99. The summed E-state index contributed by atoms with van der Waals surface area (Å²) in [6.07, 6.45) is 1.49. The van der Waals surface area contributed by atoms with Gasteiger partial charge < -0.3 is 5.32 Å². The highest BCUT2D eigenvalue weighted by Crippen LogP contribution is 2.46. The standard InChI is InChI=1S/C21H23N3O2S/c1-12-14(19(25)24-23-12)8-9-22-20(26)17-10-13-11-21(2,3)16-7-5-4-6-15(16)18(13)27-17/h4-7,10,14H,8-9,11H2,1-3H3,(H,22,26)(H,24,25)/t14-/m1/s1. The van der Waals surface area contributed by atoms with Gasteiger partial charge in [0.25, 0.3) is 5.91 Å². The molecule has 2 amide bonds.